The molecule has 18 heavy (non-hydrogen) atoms. The summed E-state index contributed by atoms with van der Waals surface area (Å²) in [6, 6.07) is 16.6. The molecule has 94 valence electrons. The van der Waals surface area contributed by atoms with Crippen LogP contribution in [0.2, 0.25) is 0 Å². The fourth-order valence-electron chi connectivity index (χ4n) is 2.15. The molecule has 0 amide bonds. The Morgan fingerprint density at radius 1 is 1.00 bits per heavy atom. The Balaban J connectivity index is 2.57. The van der Waals surface area contributed by atoms with Gasteiger partial charge in [0.15, 0.2) is 0 Å². The van der Waals surface area contributed by atoms with Crippen molar-refractivity contribution in [1.29, 1.82) is 0 Å². The zero-order valence-electron chi connectivity index (χ0n) is 11.3. The van der Waals surface area contributed by atoms with Crippen LogP contribution in [0.1, 0.15) is 31.9 Å². The highest BCUT2D eigenvalue weighted by Gasteiger charge is 2.17. The van der Waals surface area contributed by atoms with E-state index in [-0.39, 0.29) is 0 Å². The van der Waals surface area contributed by atoms with Gasteiger partial charge in [0.2, 0.25) is 0 Å². The third kappa shape index (κ3) is 2.62. The Bertz CT molecular complexity index is 521. The average Bonchev–Trinajstić information content (AvgIpc) is 2.38. The highest BCUT2D eigenvalue weighted by Crippen LogP contribution is 2.29. The topological polar surface area (TPSA) is 20.2 Å². The van der Waals surface area contributed by atoms with E-state index in [4.69, 9.17) is 0 Å². The van der Waals surface area contributed by atoms with Crippen molar-refractivity contribution in [3.63, 3.8) is 0 Å². The summed E-state index contributed by atoms with van der Waals surface area (Å²) in [6.45, 7) is 5.80. The van der Waals surface area contributed by atoms with Gasteiger partial charge in [-0.05, 0) is 48.6 Å². The molecule has 0 radical (unpaired) electrons. The number of aryl methyl sites for hydroxylation is 1. The fourth-order valence-corrected chi connectivity index (χ4v) is 2.15. The zero-order valence-corrected chi connectivity index (χ0v) is 11.3. The van der Waals surface area contributed by atoms with Crippen LogP contribution in [0.4, 0.5) is 0 Å². The van der Waals surface area contributed by atoms with E-state index in [1.54, 1.807) is 0 Å². The molecular formula is C17H20O. The van der Waals surface area contributed by atoms with E-state index < -0.39 is 5.60 Å². The van der Waals surface area contributed by atoms with Crippen molar-refractivity contribution in [2.24, 2.45) is 0 Å². The Labute approximate surface area is 109 Å². The molecule has 2 aromatic rings. The first-order chi connectivity index (χ1) is 8.52. The highest BCUT2D eigenvalue weighted by molar-refractivity contribution is 5.68. The average molecular weight is 240 g/mol. The van der Waals surface area contributed by atoms with E-state index >= 15 is 0 Å². The van der Waals surface area contributed by atoms with Crippen molar-refractivity contribution in [3.8, 4) is 11.1 Å². The van der Waals surface area contributed by atoms with Crippen LogP contribution in [0.25, 0.3) is 11.1 Å². The second-order valence-corrected chi connectivity index (χ2v) is 5.15. The Morgan fingerprint density at radius 3 is 2.22 bits per heavy atom. The van der Waals surface area contributed by atoms with Gasteiger partial charge >= 0.3 is 0 Å². The molecule has 0 aromatic heterocycles. The lowest BCUT2D eigenvalue weighted by Crippen LogP contribution is -2.15. The Hall–Kier alpha value is -1.60. The van der Waals surface area contributed by atoms with E-state index in [0.29, 0.717) is 0 Å². The predicted octanol–water partition coefficient (Wildman–Crippen LogP) is 4.14. The van der Waals surface area contributed by atoms with Gasteiger partial charge in [0.05, 0.1) is 5.60 Å². The molecule has 0 atom stereocenters. The Morgan fingerprint density at radius 2 is 1.67 bits per heavy atom. The van der Waals surface area contributed by atoms with Crippen molar-refractivity contribution in [1.82, 2.24) is 0 Å². The summed E-state index contributed by atoms with van der Waals surface area (Å²) in [5.41, 5.74) is 3.90. The molecule has 0 heterocycles. The normalized spacial score (nSPS) is 11.6. The summed E-state index contributed by atoms with van der Waals surface area (Å²) in [4.78, 5) is 0. The minimum atomic E-state index is -0.796. The maximum Gasteiger partial charge on any atom is 0.0840 e. The first-order valence-corrected chi connectivity index (χ1v) is 6.43. The summed E-state index contributed by atoms with van der Waals surface area (Å²) in [5, 5.41) is 10.1. The van der Waals surface area contributed by atoms with Gasteiger partial charge < -0.3 is 5.11 Å². The molecule has 0 saturated carbocycles. The van der Waals surface area contributed by atoms with Crippen molar-refractivity contribution in [2.75, 3.05) is 0 Å². The highest BCUT2D eigenvalue weighted by atomic mass is 16.3. The summed E-state index contributed by atoms with van der Waals surface area (Å²) in [6.07, 6.45) is 0.996. The molecular weight excluding hydrogens is 220 g/mol. The van der Waals surface area contributed by atoms with Crippen molar-refractivity contribution >= 4 is 0 Å². The molecule has 0 aliphatic rings. The number of benzene rings is 2. The van der Waals surface area contributed by atoms with Crippen LogP contribution >= 0.6 is 0 Å². The predicted molar refractivity (Wildman–Crippen MR) is 76.5 cm³/mol. The number of hydrogen-bond acceptors (Lipinski definition) is 1. The molecule has 0 fully saturated rings. The monoisotopic (exact) mass is 240 g/mol. The quantitative estimate of drug-likeness (QED) is 0.854. The minimum Gasteiger partial charge on any atom is -0.386 e. The SMILES string of the molecule is CCc1ccc(C(C)(C)O)cc1-c1ccccc1. The first-order valence-electron chi connectivity index (χ1n) is 6.43. The lowest BCUT2D eigenvalue weighted by molar-refractivity contribution is 0.0786. The summed E-state index contributed by atoms with van der Waals surface area (Å²) < 4.78 is 0. The van der Waals surface area contributed by atoms with Gasteiger partial charge in [-0.25, -0.2) is 0 Å². The summed E-state index contributed by atoms with van der Waals surface area (Å²) in [5.74, 6) is 0. The number of hydrogen-bond donors (Lipinski definition) is 1. The third-order valence-corrected chi connectivity index (χ3v) is 3.28. The molecule has 0 spiro atoms. The summed E-state index contributed by atoms with van der Waals surface area (Å²) >= 11 is 0. The van der Waals surface area contributed by atoms with E-state index in [1.807, 2.05) is 38.1 Å². The van der Waals surface area contributed by atoms with Gasteiger partial charge in [0.25, 0.3) is 0 Å². The molecule has 2 aromatic carbocycles. The minimum absolute atomic E-state index is 0.796. The second kappa shape index (κ2) is 4.95. The van der Waals surface area contributed by atoms with Gasteiger partial charge in [0, 0.05) is 0 Å². The van der Waals surface area contributed by atoms with Crippen LogP contribution in [-0.4, -0.2) is 5.11 Å². The smallest absolute Gasteiger partial charge is 0.0840 e. The van der Waals surface area contributed by atoms with Crippen LogP contribution < -0.4 is 0 Å². The number of rotatable bonds is 3. The van der Waals surface area contributed by atoms with E-state index in [9.17, 15) is 5.11 Å². The van der Waals surface area contributed by atoms with Crippen LogP contribution in [0.5, 0.6) is 0 Å². The molecule has 0 aliphatic heterocycles. The van der Waals surface area contributed by atoms with Gasteiger partial charge in [-0.3, -0.25) is 0 Å². The fraction of sp³-hybridized carbons (Fsp3) is 0.294. The molecule has 1 nitrogen and oxygen atoms in total. The second-order valence-electron chi connectivity index (χ2n) is 5.15. The maximum atomic E-state index is 10.1. The molecule has 0 bridgehead atoms. The molecule has 0 aliphatic carbocycles. The largest absolute Gasteiger partial charge is 0.386 e. The third-order valence-electron chi connectivity index (χ3n) is 3.28. The van der Waals surface area contributed by atoms with Crippen LogP contribution in [0.3, 0.4) is 0 Å². The lowest BCUT2D eigenvalue weighted by Gasteiger charge is -2.20. The maximum absolute atomic E-state index is 10.1. The van der Waals surface area contributed by atoms with Gasteiger partial charge in [-0.15, -0.1) is 0 Å². The van der Waals surface area contributed by atoms with Crippen molar-refractivity contribution in [2.45, 2.75) is 32.8 Å². The van der Waals surface area contributed by atoms with Crippen molar-refractivity contribution < 1.29 is 5.11 Å². The molecule has 0 saturated heterocycles. The number of aliphatic hydroxyl groups is 1. The van der Waals surface area contributed by atoms with Crippen LogP contribution in [0.15, 0.2) is 48.5 Å². The zero-order chi connectivity index (χ0) is 13.2. The standard InChI is InChI=1S/C17H20O/c1-4-13-10-11-15(17(2,3)18)12-16(13)14-8-6-5-7-9-14/h5-12,18H,4H2,1-3H3. The molecule has 1 heteroatoms. The molecule has 0 unspecified atom stereocenters. The van der Waals surface area contributed by atoms with Crippen molar-refractivity contribution in [3.05, 3.63) is 59.7 Å². The molecule has 2 rings (SSSR count). The molecule has 1 N–H and O–H groups in total. The van der Waals surface area contributed by atoms with Gasteiger partial charge in [-0.1, -0.05) is 49.4 Å². The summed E-state index contributed by atoms with van der Waals surface area (Å²) in [7, 11) is 0. The lowest BCUT2D eigenvalue weighted by atomic mass is 9.90. The van der Waals surface area contributed by atoms with E-state index in [2.05, 4.69) is 31.2 Å². The first kappa shape index (κ1) is 12.8. The van der Waals surface area contributed by atoms with Gasteiger partial charge in [-0.2, -0.15) is 0 Å². The Kier molecular flexibility index (Phi) is 3.53. The van der Waals surface area contributed by atoms with Crippen LogP contribution in [-0.2, 0) is 12.0 Å². The van der Waals surface area contributed by atoms with E-state index in [0.717, 1.165) is 12.0 Å². The van der Waals surface area contributed by atoms with E-state index in [1.165, 1.54) is 16.7 Å². The van der Waals surface area contributed by atoms with Crippen LogP contribution in [0, 0.1) is 0 Å². The van der Waals surface area contributed by atoms with Gasteiger partial charge in [0.1, 0.15) is 0 Å².